The van der Waals surface area contributed by atoms with Crippen LogP contribution in [0.4, 0.5) is 5.82 Å². The van der Waals surface area contributed by atoms with E-state index in [1.54, 1.807) is 28.8 Å². The summed E-state index contributed by atoms with van der Waals surface area (Å²) in [5, 5.41) is 2.72. The number of anilines is 1. The molecule has 0 bridgehead atoms. The minimum Gasteiger partial charge on any atom is -0.305 e. The standard InChI is InChI=1S/C16H17N5O2/c1-16(2,3)21-13-11(19-15(21)23)12(17-9-18-13)20-14(22)10-7-5-4-6-8-10/h4-9H,1-3H3,(H,19,23)(H,17,18,20,22). The van der Waals surface area contributed by atoms with Crippen molar-refractivity contribution in [3.8, 4) is 0 Å². The maximum absolute atomic E-state index is 12.3. The number of carbonyl (C=O) groups is 1. The van der Waals surface area contributed by atoms with E-state index in [-0.39, 0.29) is 17.4 Å². The van der Waals surface area contributed by atoms with Crippen LogP contribution in [0.1, 0.15) is 31.1 Å². The second kappa shape index (κ2) is 5.35. The molecule has 7 heteroatoms. The summed E-state index contributed by atoms with van der Waals surface area (Å²) in [6.45, 7) is 5.73. The molecule has 0 atom stereocenters. The van der Waals surface area contributed by atoms with Crippen molar-refractivity contribution in [3.63, 3.8) is 0 Å². The lowest BCUT2D eigenvalue weighted by Crippen LogP contribution is -2.32. The van der Waals surface area contributed by atoms with Crippen molar-refractivity contribution >= 4 is 22.9 Å². The third-order valence-electron chi connectivity index (χ3n) is 3.41. The third-order valence-corrected chi connectivity index (χ3v) is 3.41. The lowest BCUT2D eigenvalue weighted by atomic mass is 10.1. The Hall–Kier alpha value is -2.96. The Labute approximate surface area is 132 Å². The topological polar surface area (TPSA) is 92.7 Å². The molecule has 2 N–H and O–H groups in total. The number of rotatable bonds is 2. The molecule has 1 amide bonds. The zero-order chi connectivity index (χ0) is 16.6. The van der Waals surface area contributed by atoms with Gasteiger partial charge in [-0.05, 0) is 32.9 Å². The first kappa shape index (κ1) is 15.0. The summed E-state index contributed by atoms with van der Waals surface area (Å²) in [4.78, 5) is 35.5. The normalized spacial score (nSPS) is 11.6. The first-order valence-electron chi connectivity index (χ1n) is 7.20. The molecule has 7 nitrogen and oxygen atoms in total. The van der Waals surface area contributed by atoms with E-state index in [4.69, 9.17) is 0 Å². The molecule has 1 aromatic carbocycles. The molecule has 3 aromatic rings. The Morgan fingerprint density at radius 3 is 2.52 bits per heavy atom. The van der Waals surface area contributed by atoms with Gasteiger partial charge in [-0.3, -0.25) is 9.36 Å². The van der Waals surface area contributed by atoms with E-state index in [1.165, 1.54) is 6.33 Å². The van der Waals surface area contributed by atoms with E-state index in [0.29, 0.717) is 16.7 Å². The number of hydrogen-bond acceptors (Lipinski definition) is 4. The largest absolute Gasteiger partial charge is 0.328 e. The predicted octanol–water partition coefficient (Wildman–Crippen LogP) is 2.13. The summed E-state index contributed by atoms with van der Waals surface area (Å²) < 4.78 is 1.54. The first-order valence-corrected chi connectivity index (χ1v) is 7.20. The number of aromatic amines is 1. The number of nitrogens with zero attached hydrogens (tertiary/aromatic N) is 3. The van der Waals surface area contributed by atoms with Crippen molar-refractivity contribution < 1.29 is 4.79 Å². The first-order chi connectivity index (χ1) is 10.9. The second-order valence-electron chi connectivity index (χ2n) is 6.18. The average molecular weight is 311 g/mol. The molecule has 0 spiro atoms. The average Bonchev–Trinajstić information content (AvgIpc) is 2.85. The van der Waals surface area contributed by atoms with Crippen LogP contribution in [0.5, 0.6) is 0 Å². The Bertz CT molecular complexity index is 919. The number of benzene rings is 1. The van der Waals surface area contributed by atoms with Crippen LogP contribution in [-0.4, -0.2) is 25.4 Å². The summed E-state index contributed by atoms with van der Waals surface area (Å²) in [6, 6.07) is 8.80. The van der Waals surface area contributed by atoms with Crippen molar-refractivity contribution in [1.82, 2.24) is 19.5 Å². The van der Waals surface area contributed by atoms with E-state index in [1.807, 2.05) is 26.8 Å². The number of H-pyrrole nitrogens is 1. The van der Waals surface area contributed by atoms with Crippen LogP contribution >= 0.6 is 0 Å². The zero-order valence-corrected chi connectivity index (χ0v) is 13.1. The van der Waals surface area contributed by atoms with Crippen molar-refractivity contribution in [2.45, 2.75) is 26.3 Å². The van der Waals surface area contributed by atoms with Crippen molar-refractivity contribution in [3.05, 3.63) is 52.7 Å². The Morgan fingerprint density at radius 1 is 1.17 bits per heavy atom. The van der Waals surface area contributed by atoms with Gasteiger partial charge in [0, 0.05) is 11.1 Å². The van der Waals surface area contributed by atoms with Crippen LogP contribution in [0, 0.1) is 0 Å². The lowest BCUT2D eigenvalue weighted by molar-refractivity contribution is 0.102. The maximum atomic E-state index is 12.3. The highest BCUT2D eigenvalue weighted by atomic mass is 16.2. The van der Waals surface area contributed by atoms with Gasteiger partial charge in [-0.25, -0.2) is 14.8 Å². The molecule has 0 aliphatic heterocycles. The van der Waals surface area contributed by atoms with Crippen molar-refractivity contribution in [1.29, 1.82) is 0 Å². The van der Waals surface area contributed by atoms with Gasteiger partial charge in [0.1, 0.15) is 11.8 Å². The number of carbonyl (C=O) groups excluding carboxylic acids is 1. The predicted molar refractivity (Wildman–Crippen MR) is 87.5 cm³/mol. The van der Waals surface area contributed by atoms with Crippen molar-refractivity contribution in [2.24, 2.45) is 0 Å². The van der Waals surface area contributed by atoms with Crippen LogP contribution in [0.3, 0.4) is 0 Å². The minimum atomic E-state index is -0.440. The van der Waals surface area contributed by atoms with Crippen LogP contribution in [-0.2, 0) is 5.54 Å². The van der Waals surface area contributed by atoms with Crippen LogP contribution in [0.15, 0.2) is 41.5 Å². The van der Waals surface area contributed by atoms with Gasteiger partial charge in [0.15, 0.2) is 11.5 Å². The summed E-state index contributed by atoms with van der Waals surface area (Å²) in [5.74, 6) is -0.0149. The molecule has 0 aliphatic carbocycles. The van der Waals surface area contributed by atoms with Crippen LogP contribution < -0.4 is 11.0 Å². The van der Waals surface area contributed by atoms with Gasteiger partial charge in [0.05, 0.1) is 0 Å². The zero-order valence-electron chi connectivity index (χ0n) is 13.1. The molecule has 0 unspecified atom stereocenters. The van der Waals surface area contributed by atoms with Crippen LogP contribution in [0.25, 0.3) is 11.2 Å². The van der Waals surface area contributed by atoms with Crippen molar-refractivity contribution in [2.75, 3.05) is 5.32 Å². The third kappa shape index (κ3) is 2.73. The molecule has 0 aliphatic rings. The Balaban J connectivity index is 2.06. The smallest absolute Gasteiger partial charge is 0.305 e. The number of amides is 1. The van der Waals surface area contributed by atoms with Gasteiger partial charge < -0.3 is 10.3 Å². The minimum absolute atomic E-state index is 0.281. The molecule has 2 aromatic heterocycles. The molecule has 118 valence electrons. The van der Waals surface area contributed by atoms with Gasteiger partial charge >= 0.3 is 5.69 Å². The monoisotopic (exact) mass is 311 g/mol. The van der Waals surface area contributed by atoms with E-state index < -0.39 is 5.54 Å². The summed E-state index contributed by atoms with van der Waals surface area (Å²) in [6.07, 6.45) is 1.33. The second-order valence-corrected chi connectivity index (χ2v) is 6.18. The molecule has 3 rings (SSSR count). The molecule has 0 saturated carbocycles. The van der Waals surface area contributed by atoms with E-state index in [2.05, 4.69) is 20.3 Å². The number of aromatic nitrogens is 4. The highest BCUT2D eigenvalue weighted by Crippen LogP contribution is 2.21. The summed E-state index contributed by atoms with van der Waals surface area (Å²) >= 11 is 0. The van der Waals surface area contributed by atoms with E-state index >= 15 is 0 Å². The highest BCUT2D eigenvalue weighted by Gasteiger charge is 2.22. The molecule has 0 radical (unpaired) electrons. The number of fused-ring (bicyclic) bond motifs is 1. The quantitative estimate of drug-likeness (QED) is 0.758. The summed E-state index contributed by atoms with van der Waals surface area (Å²) in [5.41, 5.74) is 0.655. The number of nitrogens with one attached hydrogen (secondary N) is 2. The molecule has 0 saturated heterocycles. The molecule has 2 heterocycles. The van der Waals surface area contributed by atoms with E-state index in [0.717, 1.165) is 0 Å². The number of imidazole rings is 1. The SMILES string of the molecule is CC(C)(C)n1c(=O)[nH]c2c(NC(=O)c3ccccc3)ncnc21. The van der Waals surface area contributed by atoms with E-state index in [9.17, 15) is 9.59 Å². The Morgan fingerprint density at radius 2 is 1.87 bits per heavy atom. The van der Waals surface area contributed by atoms with Gasteiger partial charge in [-0.1, -0.05) is 18.2 Å². The van der Waals surface area contributed by atoms with Gasteiger partial charge in [-0.15, -0.1) is 0 Å². The fourth-order valence-corrected chi connectivity index (χ4v) is 2.41. The van der Waals surface area contributed by atoms with Gasteiger partial charge in [0.25, 0.3) is 5.91 Å². The fraction of sp³-hybridized carbons (Fsp3) is 0.250. The van der Waals surface area contributed by atoms with Crippen LogP contribution in [0.2, 0.25) is 0 Å². The molecule has 23 heavy (non-hydrogen) atoms. The highest BCUT2D eigenvalue weighted by molar-refractivity contribution is 6.06. The molecular formula is C16H17N5O2. The molecule has 0 fully saturated rings. The fourth-order valence-electron chi connectivity index (χ4n) is 2.41. The van der Waals surface area contributed by atoms with Gasteiger partial charge in [-0.2, -0.15) is 0 Å². The summed E-state index contributed by atoms with van der Waals surface area (Å²) in [7, 11) is 0. The number of hydrogen-bond donors (Lipinski definition) is 2. The Kier molecular flexibility index (Phi) is 3.48. The van der Waals surface area contributed by atoms with Gasteiger partial charge in [0.2, 0.25) is 0 Å². The maximum Gasteiger partial charge on any atom is 0.328 e. The molecular weight excluding hydrogens is 294 g/mol. The lowest BCUT2D eigenvalue weighted by Gasteiger charge is -2.19.